The average Bonchev–Trinajstić information content (AvgIpc) is 2.12. The maximum absolute atomic E-state index is 10.9. The summed E-state index contributed by atoms with van der Waals surface area (Å²) in [4.78, 5) is 10.9. The summed E-state index contributed by atoms with van der Waals surface area (Å²) in [5.41, 5.74) is -0.335. The molecule has 104 valence electrons. The summed E-state index contributed by atoms with van der Waals surface area (Å²) in [6.07, 6.45) is 3.35. The molecule has 0 aromatic heterocycles. The number of rotatable bonds is 3. The highest BCUT2D eigenvalue weighted by atomic mass is 28.4. The van der Waals surface area contributed by atoms with Crippen LogP contribution in [0.25, 0.3) is 0 Å². The van der Waals surface area contributed by atoms with Gasteiger partial charge in [0.2, 0.25) is 0 Å². The second-order valence-electron chi connectivity index (χ2n) is 7.17. The first-order valence-corrected chi connectivity index (χ1v) is 9.41. The Hall–Kier alpha value is -0.613. The topological polar surface area (TPSA) is 35.5 Å². The molecular formula is C14H26O3Si. The van der Waals surface area contributed by atoms with E-state index in [1.165, 1.54) is 0 Å². The van der Waals surface area contributed by atoms with E-state index in [0.29, 0.717) is 5.76 Å². The van der Waals surface area contributed by atoms with Crippen molar-refractivity contribution in [1.29, 1.82) is 0 Å². The lowest BCUT2D eigenvalue weighted by atomic mass is 9.97. The summed E-state index contributed by atoms with van der Waals surface area (Å²) >= 11 is 0. The van der Waals surface area contributed by atoms with Crippen molar-refractivity contribution >= 4 is 14.6 Å². The van der Waals surface area contributed by atoms with Gasteiger partial charge < -0.3 is 9.16 Å². The van der Waals surface area contributed by atoms with Crippen LogP contribution in [0.2, 0.25) is 18.1 Å². The van der Waals surface area contributed by atoms with Crippen LogP contribution in [-0.2, 0) is 14.0 Å². The van der Waals surface area contributed by atoms with E-state index in [0.717, 1.165) is 12.7 Å². The van der Waals surface area contributed by atoms with Crippen molar-refractivity contribution in [3.8, 4) is 0 Å². The third-order valence-corrected chi connectivity index (χ3v) is 8.31. The molecule has 1 aliphatic heterocycles. The zero-order valence-corrected chi connectivity index (χ0v) is 13.7. The fraction of sp³-hybridized carbons (Fsp3) is 0.786. The van der Waals surface area contributed by atoms with Crippen molar-refractivity contribution in [2.24, 2.45) is 0 Å². The molecule has 1 heterocycles. The molecule has 18 heavy (non-hydrogen) atoms. The lowest BCUT2D eigenvalue weighted by molar-refractivity contribution is -0.112. The van der Waals surface area contributed by atoms with Crippen LogP contribution < -0.4 is 0 Å². The van der Waals surface area contributed by atoms with Crippen LogP contribution in [0.15, 0.2) is 11.8 Å². The number of ether oxygens (including phenoxy) is 1. The Morgan fingerprint density at radius 1 is 1.44 bits per heavy atom. The van der Waals surface area contributed by atoms with E-state index in [2.05, 4.69) is 33.9 Å². The van der Waals surface area contributed by atoms with E-state index in [4.69, 9.17) is 9.16 Å². The van der Waals surface area contributed by atoms with Gasteiger partial charge in [-0.25, -0.2) is 0 Å². The monoisotopic (exact) mass is 270 g/mol. The summed E-state index contributed by atoms with van der Waals surface area (Å²) in [7, 11) is -1.81. The molecule has 1 aliphatic rings. The van der Waals surface area contributed by atoms with Crippen molar-refractivity contribution < 1.29 is 14.0 Å². The molecule has 0 radical (unpaired) electrons. The van der Waals surface area contributed by atoms with Crippen molar-refractivity contribution in [3.63, 3.8) is 0 Å². The molecule has 0 aliphatic carbocycles. The normalized spacial score (nSPS) is 24.2. The van der Waals surface area contributed by atoms with Crippen LogP contribution in [0.3, 0.4) is 0 Å². The zero-order valence-electron chi connectivity index (χ0n) is 12.7. The molecule has 0 amide bonds. The summed E-state index contributed by atoms with van der Waals surface area (Å²) in [5, 5.41) is 0.171. The Kier molecular flexibility index (Phi) is 4.13. The van der Waals surface area contributed by atoms with Gasteiger partial charge >= 0.3 is 0 Å². The van der Waals surface area contributed by atoms with Crippen molar-refractivity contribution in [3.05, 3.63) is 11.8 Å². The standard InChI is InChI=1S/C14H26O3Si/c1-13(2,3)18(6,7)17-11-8-12(10-15)16-14(4,5)9-11/h8,10-11H,9H2,1-7H3. The highest BCUT2D eigenvalue weighted by Crippen LogP contribution is 2.39. The van der Waals surface area contributed by atoms with E-state index in [1.54, 1.807) is 0 Å². The second-order valence-corrected chi connectivity index (χ2v) is 11.9. The van der Waals surface area contributed by atoms with E-state index in [9.17, 15) is 4.79 Å². The average molecular weight is 270 g/mol. The first-order valence-electron chi connectivity index (χ1n) is 6.51. The summed E-state index contributed by atoms with van der Waals surface area (Å²) in [6.45, 7) is 15.1. The van der Waals surface area contributed by atoms with Crippen LogP contribution in [0, 0.1) is 0 Å². The molecule has 0 bridgehead atoms. The Morgan fingerprint density at radius 3 is 2.44 bits per heavy atom. The predicted octanol–water partition coefficient (Wildman–Crippen LogP) is 3.66. The third kappa shape index (κ3) is 3.69. The number of allylic oxidation sites excluding steroid dienone is 1. The van der Waals surface area contributed by atoms with Crippen LogP contribution >= 0.6 is 0 Å². The SMILES string of the molecule is CC1(C)CC(O[Si](C)(C)C(C)(C)C)C=C(C=O)O1. The molecule has 0 aromatic carbocycles. The number of carbonyl (C=O) groups is 1. The van der Waals surface area contributed by atoms with Gasteiger partial charge in [0, 0.05) is 6.42 Å². The minimum absolute atomic E-state index is 0.0187. The lowest BCUT2D eigenvalue weighted by Crippen LogP contribution is -2.46. The van der Waals surface area contributed by atoms with Gasteiger partial charge in [-0.2, -0.15) is 0 Å². The van der Waals surface area contributed by atoms with Crippen molar-refractivity contribution in [2.45, 2.75) is 70.9 Å². The fourth-order valence-electron chi connectivity index (χ4n) is 1.82. The maximum atomic E-state index is 10.9. The van der Waals surface area contributed by atoms with Gasteiger partial charge in [-0.3, -0.25) is 4.79 Å². The van der Waals surface area contributed by atoms with Crippen LogP contribution in [-0.4, -0.2) is 26.3 Å². The smallest absolute Gasteiger partial charge is 0.192 e. The Balaban J connectivity index is 2.88. The third-order valence-electron chi connectivity index (χ3n) is 3.81. The number of hydrogen-bond donors (Lipinski definition) is 0. The van der Waals surface area contributed by atoms with E-state index in [-0.39, 0.29) is 16.7 Å². The minimum atomic E-state index is -1.81. The van der Waals surface area contributed by atoms with Crippen molar-refractivity contribution in [1.82, 2.24) is 0 Å². The second kappa shape index (κ2) is 4.81. The van der Waals surface area contributed by atoms with Crippen LogP contribution in [0.1, 0.15) is 41.0 Å². The lowest BCUT2D eigenvalue weighted by Gasteiger charge is -2.42. The number of hydrogen-bond acceptors (Lipinski definition) is 3. The molecule has 3 nitrogen and oxygen atoms in total. The van der Waals surface area contributed by atoms with Gasteiger partial charge in [-0.1, -0.05) is 20.8 Å². The number of carbonyl (C=O) groups excluding carboxylic acids is 1. The molecule has 4 heteroatoms. The minimum Gasteiger partial charge on any atom is -0.485 e. The van der Waals surface area contributed by atoms with Gasteiger partial charge in [-0.05, 0) is 38.1 Å². The van der Waals surface area contributed by atoms with Gasteiger partial charge in [0.1, 0.15) is 5.60 Å². The summed E-state index contributed by atoms with van der Waals surface area (Å²) in [5.74, 6) is 0.398. The largest absolute Gasteiger partial charge is 0.485 e. The van der Waals surface area contributed by atoms with Gasteiger partial charge in [-0.15, -0.1) is 0 Å². The molecule has 0 aromatic rings. The molecule has 0 saturated heterocycles. The Morgan fingerprint density at radius 2 is 2.00 bits per heavy atom. The molecule has 1 rings (SSSR count). The first kappa shape index (κ1) is 15.4. The molecule has 0 saturated carbocycles. The quantitative estimate of drug-likeness (QED) is 0.580. The summed E-state index contributed by atoms with van der Waals surface area (Å²) in [6, 6.07) is 0. The van der Waals surface area contributed by atoms with E-state index < -0.39 is 8.32 Å². The molecule has 1 unspecified atom stereocenters. The first-order chi connectivity index (χ1) is 7.97. The van der Waals surface area contributed by atoms with Gasteiger partial charge in [0.15, 0.2) is 20.4 Å². The van der Waals surface area contributed by atoms with Gasteiger partial charge in [0.05, 0.1) is 6.10 Å². The number of aldehydes is 1. The highest BCUT2D eigenvalue weighted by molar-refractivity contribution is 6.74. The zero-order chi connectivity index (χ0) is 14.2. The Bertz CT molecular complexity index is 351. The van der Waals surface area contributed by atoms with Crippen LogP contribution in [0.5, 0.6) is 0 Å². The maximum Gasteiger partial charge on any atom is 0.192 e. The summed E-state index contributed by atoms with van der Waals surface area (Å²) < 4.78 is 11.9. The van der Waals surface area contributed by atoms with E-state index in [1.807, 2.05) is 19.9 Å². The fourth-order valence-corrected chi connectivity index (χ4v) is 3.08. The molecule has 0 N–H and O–H groups in total. The van der Waals surface area contributed by atoms with Crippen molar-refractivity contribution in [2.75, 3.05) is 0 Å². The Labute approximate surface area is 112 Å². The predicted molar refractivity (Wildman–Crippen MR) is 76.0 cm³/mol. The molecule has 0 spiro atoms. The van der Waals surface area contributed by atoms with Crippen LogP contribution in [0.4, 0.5) is 0 Å². The van der Waals surface area contributed by atoms with Gasteiger partial charge in [0.25, 0.3) is 0 Å². The molecule has 1 atom stereocenters. The molecular weight excluding hydrogens is 244 g/mol. The molecule has 0 fully saturated rings. The highest BCUT2D eigenvalue weighted by Gasteiger charge is 2.41. The van der Waals surface area contributed by atoms with E-state index >= 15 is 0 Å².